The van der Waals surface area contributed by atoms with Gasteiger partial charge in [-0.1, -0.05) is 0 Å². The van der Waals surface area contributed by atoms with Crippen LogP contribution in [-0.4, -0.2) is 81.1 Å². The number of ether oxygens (including phenoxy) is 3. The molecular weight excluding hydrogens is 509 g/mol. The molecular formula is C19H30N3O11PS. The maximum absolute atomic E-state index is 13.4. The zero-order valence-electron chi connectivity index (χ0n) is 19.8. The highest BCUT2D eigenvalue weighted by Crippen LogP contribution is 2.57. The van der Waals surface area contributed by atoms with Crippen molar-refractivity contribution in [2.24, 2.45) is 0 Å². The number of nitrogens with one attached hydrogen (secondary N) is 2. The van der Waals surface area contributed by atoms with Crippen LogP contribution in [0.3, 0.4) is 0 Å². The lowest BCUT2D eigenvalue weighted by molar-refractivity contribution is -0.149. The van der Waals surface area contributed by atoms with Crippen LogP contribution in [0, 0.1) is 0 Å². The number of carbonyl (C=O) groups is 2. The zero-order chi connectivity index (χ0) is 26.6. The van der Waals surface area contributed by atoms with Gasteiger partial charge in [0.25, 0.3) is 5.56 Å². The van der Waals surface area contributed by atoms with Crippen molar-refractivity contribution in [2.75, 3.05) is 19.5 Å². The first kappa shape index (κ1) is 29.2. The van der Waals surface area contributed by atoms with Gasteiger partial charge in [0.05, 0.1) is 19.8 Å². The predicted molar refractivity (Wildman–Crippen MR) is 124 cm³/mol. The van der Waals surface area contributed by atoms with E-state index in [-0.39, 0.29) is 5.75 Å². The maximum Gasteiger partial charge on any atom is 0.330 e. The summed E-state index contributed by atoms with van der Waals surface area (Å²) in [6.45, 7) is 1.34. The second-order valence-electron chi connectivity index (χ2n) is 8.19. The van der Waals surface area contributed by atoms with Crippen molar-refractivity contribution < 1.29 is 43.1 Å². The molecule has 0 radical (unpaired) electrons. The molecule has 198 valence electrons. The van der Waals surface area contributed by atoms with Crippen molar-refractivity contribution in [3.8, 4) is 0 Å². The van der Waals surface area contributed by atoms with Crippen LogP contribution in [-0.2, 0) is 32.9 Å². The molecule has 1 aromatic heterocycles. The summed E-state index contributed by atoms with van der Waals surface area (Å²) in [4.78, 5) is 49.2. The van der Waals surface area contributed by atoms with Crippen molar-refractivity contribution in [1.29, 1.82) is 0 Å². The number of H-pyrrole nitrogens is 1. The average molecular weight is 540 g/mol. The monoisotopic (exact) mass is 539 g/mol. The van der Waals surface area contributed by atoms with Gasteiger partial charge in [0, 0.05) is 12.3 Å². The molecule has 35 heavy (non-hydrogen) atoms. The third-order valence-corrected chi connectivity index (χ3v) is 8.84. The van der Waals surface area contributed by atoms with Crippen molar-refractivity contribution in [2.45, 2.75) is 63.9 Å². The minimum absolute atomic E-state index is 0.381. The van der Waals surface area contributed by atoms with Crippen molar-refractivity contribution in [1.82, 2.24) is 14.6 Å². The minimum Gasteiger partial charge on any atom is -0.468 e. The van der Waals surface area contributed by atoms with E-state index in [4.69, 9.17) is 14.0 Å². The lowest BCUT2D eigenvalue weighted by atomic mass is 9.96. The zero-order valence-corrected chi connectivity index (χ0v) is 21.5. The molecule has 6 atom stereocenters. The van der Waals surface area contributed by atoms with Crippen LogP contribution in [0.5, 0.6) is 0 Å². The van der Waals surface area contributed by atoms with Crippen LogP contribution in [0.25, 0.3) is 0 Å². The van der Waals surface area contributed by atoms with E-state index in [9.17, 15) is 34.0 Å². The molecule has 2 rings (SSSR count). The molecule has 1 aliphatic rings. The Labute approximate surface area is 204 Å². The standard InChI is InChI=1S/C19H30N3O11PS/c1-10(2)32-16(26)11(3)21-34(29,35-9-14(24)30-5)31-8-12-15(25)19(4,28)17(33-12)22-7-6-13(23)20-18(22)27/h6-7,10-12,15,17,25,28H,8-9H2,1-5H3,(H,21,29)(H,20,23,27)/t11-,12+,15+,17+,19+,34+/m0/s1. The molecule has 2 heterocycles. The van der Waals surface area contributed by atoms with Gasteiger partial charge in [0.1, 0.15) is 29.6 Å². The van der Waals surface area contributed by atoms with Crippen LogP contribution in [0.4, 0.5) is 0 Å². The molecule has 0 spiro atoms. The number of aliphatic hydroxyl groups is 2. The summed E-state index contributed by atoms with van der Waals surface area (Å²) in [7, 11) is 1.15. The van der Waals surface area contributed by atoms with Crippen molar-refractivity contribution in [3.05, 3.63) is 33.1 Å². The van der Waals surface area contributed by atoms with Gasteiger partial charge in [-0.2, -0.15) is 0 Å². The van der Waals surface area contributed by atoms with E-state index in [1.54, 1.807) is 13.8 Å². The van der Waals surface area contributed by atoms with Crippen LogP contribution < -0.4 is 16.3 Å². The van der Waals surface area contributed by atoms with Gasteiger partial charge in [-0.15, -0.1) is 0 Å². The summed E-state index contributed by atoms with van der Waals surface area (Å²) >= 11 is 0.552. The van der Waals surface area contributed by atoms with E-state index in [1.165, 1.54) is 13.8 Å². The van der Waals surface area contributed by atoms with E-state index >= 15 is 0 Å². The van der Waals surface area contributed by atoms with Gasteiger partial charge in [-0.3, -0.25) is 28.5 Å². The first-order valence-corrected chi connectivity index (χ1v) is 13.7. The van der Waals surface area contributed by atoms with Gasteiger partial charge in [-0.25, -0.2) is 9.88 Å². The molecule has 0 aromatic carbocycles. The molecule has 0 amide bonds. The molecule has 0 bridgehead atoms. The Morgan fingerprint density at radius 1 is 1.37 bits per heavy atom. The number of hydrogen-bond donors (Lipinski definition) is 4. The number of nitrogens with zero attached hydrogens (tertiary/aromatic N) is 1. The average Bonchev–Trinajstić information content (AvgIpc) is 2.99. The summed E-state index contributed by atoms with van der Waals surface area (Å²) in [5, 5.41) is 23.9. The van der Waals surface area contributed by atoms with E-state index in [0.717, 1.165) is 23.9 Å². The van der Waals surface area contributed by atoms with Crippen molar-refractivity contribution in [3.63, 3.8) is 0 Å². The number of methoxy groups -OCH3 is 1. The molecule has 1 aromatic rings. The lowest BCUT2D eigenvalue weighted by Gasteiger charge is -2.27. The fraction of sp³-hybridized carbons (Fsp3) is 0.684. The number of hydrogen-bond acceptors (Lipinski definition) is 12. The highest BCUT2D eigenvalue weighted by Gasteiger charge is 2.54. The molecule has 0 aliphatic carbocycles. The van der Waals surface area contributed by atoms with Crippen LogP contribution in [0.2, 0.25) is 0 Å². The number of rotatable bonds is 11. The Balaban J connectivity index is 2.19. The third kappa shape index (κ3) is 7.49. The molecule has 1 saturated heterocycles. The second-order valence-corrected chi connectivity index (χ2v) is 12.5. The van der Waals surface area contributed by atoms with Crippen LogP contribution >= 0.6 is 18.1 Å². The number of aromatic amines is 1. The van der Waals surface area contributed by atoms with Crippen LogP contribution in [0.15, 0.2) is 21.9 Å². The quantitative estimate of drug-likeness (QED) is 0.208. The fourth-order valence-corrected chi connectivity index (χ4v) is 6.56. The Hall–Kier alpha value is -2.00. The number of carbonyl (C=O) groups excluding carboxylic acids is 2. The van der Waals surface area contributed by atoms with E-state index < -0.39 is 72.7 Å². The first-order valence-electron chi connectivity index (χ1n) is 10.5. The normalized spacial score (nSPS) is 26.8. The van der Waals surface area contributed by atoms with Gasteiger partial charge in [-0.05, 0) is 39.1 Å². The molecule has 4 N–H and O–H groups in total. The molecule has 14 nitrogen and oxygen atoms in total. The fourth-order valence-electron chi connectivity index (χ4n) is 3.09. The van der Waals surface area contributed by atoms with Gasteiger partial charge in [0.15, 0.2) is 6.23 Å². The third-order valence-electron chi connectivity index (χ3n) is 4.90. The summed E-state index contributed by atoms with van der Waals surface area (Å²) in [5.74, 6) is -1.79. The van der Waals surface area contributed by atoms with Crippen molar-refractivity contribution >= 4 is 30.0 Å². The highest BCUT2D eigenvalue weighted by molar-refractivity contribution is 8.56. The first-order chi connectivity index (χ1) is 16.2. The number of aromatic nitrogens is 2. The maximum atomic E-state index is 13.4. The Morgan fingerprint density at radius 2 is 2.03 bits per heavy atom. The summed E-state index contributed by atoms with van der Waals surface area (Å²) in [6, 6.07) is -0.0469. The molecule has 0 saturated carbocycles. The Morgan fingerprint density at radius 3 is 2.60 bits per heavy atom. The molecule has 1 fully saturated rings. The summed E-state index contributed by atoms with van der Waals surface area (Å²) < 4.78 is 35.0. The topological polar surface area (TPSA) is 195 Å². The summed E-state index contributed by atoms with van der Waals surface area (Å²) in [6.07, 6.45) is -3.62. The van der Waals surface area contributed by atoms with Gasteiger partial charge >= 0.3 is 24.3 Å². The van der Waals surface area contributed by atoms with Gasteiger partial charge in [0.2, 0.25) is 0 Å². The molecule has 1 aliphatic heterocycles. The van der Waals surface area contributed by atoms with Gasteiger partial charge < -0.3 is 28.9 Å². The lowest BCUT2D eigenvalue weighted by Crippen LogP contribution is -2.47. The van der Waals surface area contributed by atoms with E-state index in [2.05, 4.69) is 9.82 Å². The molecule has 0 unspecified atom stereocenters. The highest BCUT2D eigenvalue weighted by atomic mass is 32.7. The summed E-state index contributed by atoms with van der Waals surface area (Å²) in [5.41, 5.74) is -3.54. The number of esters is 2. The molecule has 16 heteroatoms. The smallest absolute Gasteiger partial charge is 0.330 e. The largest absolute Gasteiger partial charge is 0.468 e. The minimum atomic E-state index is -3.99. The Bertz CT molecular complexity index is 1070. The predicted octanol–water partition coefficient (Wildman–Crippen LogP) is -0.493. The Kier molecular flexibility index (Phi) is 9.87. The van der Waals surface area contributed by atoms with E-state index in [0.29, 0.717) is 11.4 Å². The van der Waals surface area contributed by atoms with E-state index in [1.807, 2.05) is 4.98 Å². The SMILES string of the molecule is COC(=O)CS[P@@](=O)(N[C@@H](C)C(=O)OC(C)C)OC[C@H]1O[C@@H](n2ccc(=O)[nH]c2=O)[C@](C)(O)[C@@H]1O. The second kappa shape index (κ2) is 11.8. The van der Waals surface area contributed by atoms with Crippen LogP contribution in [0.1, 0.15) is 33.9 Å². The number of aliphatic hydroxyl groups excluding tert-OH is 1.